The molecule has 0 aliphatic carbocycles. The van der Waals surface area contributed by atoms with Gasteiger partial charge in [-0.2, -0.15) is 5.26 Å². The van der Waals surface area contributed by atoms with Crippen LogP contribution in [-0.4, -0.2) is 15.9 Å². The fraction of sp³-hybridized carbons (Fsp3) is 0.0526. The molecule has 0 saturated heterocycles. The zero-order valence-electron chi connectivity index (χ0n) is 13.3. The van der Waals surface area contributed by atoms with Crippen molar-refractivity contribution >= 4 is 17.5 Å². The number of nitrogens with one attached hydrogen (secondary N) is 2. The maximum absolute atomic E-state index is 12.2. The van der Waals surface area contributed by atoms with Crippen molar-refractivity contribution in [1.29, 1.82) is 5.26 Å². The highest BCUT2D eigenvalue weighted by molar-refractivity contribution is 5.92. The van der Waals surface area contributed by atoms with Gasteiger partial charge in [-0.15, -0.1) is 0 Å². The Kier molecular flexibility index (Phi) is 4.98. The molecule has 0 spiro atoms. The summed E-state index contributed by atoms with van der Waals surface area (Å²) in [7, 11) is 0. The van der Waals surface area contributed by atoms with Crippen LogP contribution in [0.3, 0.4) is 0 Å². The molecule has 0 bridgehead atoms. The highest BCUT2D eigenvalue weighted by Gasteiger charge is 2.09. The molecule has 0 radical (unpaired) electrons. The van der Waals surface area contributed by atoms with Gasteiger partial charge in [0.25, 0.3) is 5.91 Å². The average Bonchev–Trinajstić information content (AvgIpc) is 2.68. The van der Waals surface area contributed by atoms with Crippen LogP contribution < -0.4 is 10.6 Å². The molecule has 0 unspecified atom stereocenters. The lowest BCUT2D eigenvalue weighted by atomic mass is 10.2. The van der Waals surface area contributed by atoms with E-state index in [1.165, 1.54) is 6.20 Å². The summed E-state index contributed by atoms with van der Waals surface area (Å²) >= 11 is 0. The molecular weight excluding hydrogens is 314 g/mol. The Balaban J connectivity index is 1.66. The number of amides is 1. The average molecular weight is 329 g/mol. The molecule has 3 rings (SSSR count). The van der Waals surface area contributed by atoms with E-state index in [4.69, 9.17) is 5.26 Å². The Morgan fingerprint density at radius 1 is 1.04 bits per heavy atom. The molecule has 0 aliphatic rings. The van der Waals surface area contributed by atoms with Gasteiger partial charge in [0.05, 0.1) is 11.6 Å². The fourth-order valence-electron chi connectivity index (χ4n) is 2.17. The predicted octanol–water partition coefficient (Wildman–Crippen LogP) is 3.02. The van der Waals surface area contributed by atoms with Crippen molar-refractivity contribution in [3.05, 3.63) is 83.7 Å². The maximum atomic E-state index is 12.2. The van der Waals surface area contributed by atoms with Gasteiger partial charge in [0, 0.05) is 18.4 Å². The molecule has 0 fully saturated rings. The summed E-state index contributed by atoms with van der Waals surface area (Å²) in [5.41, 5.74) is 2.60. The first kappa shape index (κ1) is 16.1. The molecule has 6 nitrogen and oxygen atoms in total. The second kappa shape index (κ2) is 7.70. The second-order valence-electron chi connectivity index (χ2n) is 5.25. The minimum atomic E-state index is -0.269. The topological polar surface area (TPSA) is 90.7 Å². The molecular formula is C19H15N5O. The van der Waals surface area contributed by atoms with Gasteiger partial charge in [-0.25, -0.2) is 9.97 Å². The Morgan fingerprint density at radius 2 is 1.80 bits per heavy atom. The van der Waals surface area contributed by atoms with Crippen LogP contribution in [0.1, 0.15) is 21.6 Å². The predicted molar refractivity (Wildman–Crippen MR) is 94.1 cm³/mol. The lowest BCUT2D eigenvalue weighted by molar-refractivity contribution is 0.0946. The number of carbonyl (C=O) groups is 1. The number of aromatic nitrogens is 2. The molecule has 3 aromatic rings. The number of carbonyl (C=O) groups excluding carboxylic acids is 1. The first-order chi connectivity index (χ1) is 12.2. The van der Waals surface area contributed by atoms with Crippen molar-refractivity contribution < 1.29 is 4.79 Å². The SMILES string of the molecule is N#Cc1ccc(Nc2nccc(C(=O)NCc3ccccc3)n2)cc1. The van der Waals surface area contributed by atoms with E-state index in [0.717, 1.165) is 11.3 Å². The van der Waals surface area contributed by atoms with Gasteiger partial charge in [0.2, 0.25) is 5.95 Å². The zero-order chi connectivity index (χ0) is 17.5. The largest absolute Gasteiger partial charge is 0.347 e. The van der Waals surface area contributed by atoms with Crippen LogP contribution in [0.4, 0.5) is 11.6 Å². The minimum absolute atomic E-state index is 0.269. The van der Waals surface area contributed by atoms with Crippen molar-refractivity contribution in [1.82, 2.24) is 15.3 Å². The monoisotopic (exact) mass is 329 g/mol. The van der Waals surface area contributed by atoms with Gasteiger partial charge < -0.3 is 10.6 Å². The lowest BCUT2D eigenvalue weighted by Gasteiger charge is -2.07. The van der Waals surface area contributed by atoms with E-state index >= 15 is 0 Å². The third-order valence-electron chi connectivity index (χ3n) is 3.45. The Morgan fingerprint density at radius 3 is 2.52 bits per heavy atom. The van der Waals surface area contributed by atoms with E-state index in [1.54, 1.807) is 30.3 Å². The number of nitriles is 1. The normalized spacial score (nSPS) is 9.88. The molecule has 122 valence electrons. The van der Waals surface area contributed by atoms with Gasteiger partial charge in [-0.1, -0.05) is 30.3 Å². The molecule has 1 heterocycles. The van der Waals surface area contributed by atoms with E-state index in [2.05, 4.69) is 26.7 Å². The summed E-state index contributed by atoms with van der Waals surface area (Å²) in [6.45, 7) is 0.433. The number of hydrogen-bond acceptors (Lipinski definition) is 5. The molecule has 0 saturated carbocycles. The van der Waals surface area contributed by atoms with Crippen LogP contribution in [0.15, 0.2) is 66.9 Å². The van der Waals surface area contributed by atoms with E-state index < -0.39 is 0 Å². The first-order valence-electron chi connectivity index (χ1n) is 7.67. The molecule has 6 heteroatoms. The van der Waals surface area contributed by atoms with Crippen molar-refractivity contribution in [3.8, 4) is 6.07 Å². The van der Waals surface area contributed by atoms with Crippen LogP contribution >= 0.6 is 0 Å². The highest BCUT2D eigenvalue weighted by Crippen LogP contribution is 2.13. The van der Waals surface area contributed by atoms with Gasteiger partial charge in [-0.05, 0) is 35.9 Å². The Bertz CT molecular complexity index is 901. The summed E-state index contributed by atoms with van der Waals surface area (Å²) in [6.07, 6.45) is 1.52. The molecule has 2 N–H and O–H groups in total. The number of rotatable bonds is 5. The molecule has 1 amide bonds. The van der Waals surface area contributed by atoms with Crippen molar-refractivity contribution in [2.75, 3.05) is 5.32 Å². The number of benzene rings is 2. The molecule has 2 aromatic carbocycles. The summed E-state index contributed by atoms with van der Waals surface area (Å²) in [5.74, 6) is 0.0474. The lowest BCUT2D eigenvalue weighted by Crippen LogP contribution is -2.24. The third kappa shape index (κ3) is 4.39. The van der Waals surface area contributed by atoms with Gasteiger partial charge in [0.1, 0.15) is 5.69 Å². The van der Waals surface area contributed by atoms with Crippen LogP contribution in [0.25, 0.3) is 0 Å². The van der Waals surface area contributed by atoms with Crippen molar-refractivity contribution in [3.63, 3.8) is 0 Å². The fourth-order valence-corrected chi connectivity index (χ4v) is 2.17. The maximum Gasteiger partial charge on any atom is 0.270 e. The Hall–Kier alpha value is -3.72. The molecule has 0 atom stereocenters. The molecule has 25 heavy (non-hydrogen) atoms. The van der Waals surface area contributed by atoms with E-state index in [0.29, 0.717) is 18.1 Å². The van der Waals surface area contributed by atoms with Gasteiger partial charge in [-0.3, -0.25) is 4.79 Å². The quantitative estimate of drug-likeness (QED) is 0.751. The minimum Gasteiger partial charge on any atom is -0.347 e. The first-order valence-corrected chi connectivity index (χ1v) is 7.67. The van der Waals surface area contributed by atoms with E-state index in [9.17, 15) is 4.79 Å². The van der Waals surface area contributed by atoms with E-state index in [-0.39, 0.29) is 11.6 Å². The second-order valence-corrected chi connectivity index (χ2v) is 5.25. The summed E-state index contributed by atoms with van der Waals surface area (Å²) in [6, 6.07) is 20.2. The standard InChI is InChI=1S/C19H15N5O/c20-12-14-6-8-16(9-7-14)23-19-21-11-10-17(24-19)18(25)22-13-15-4-2-1-3-5-15/h1-11H,13H2,(H,22,25)(H,21,23,24). The Labute approximate surface area is 145 Å². The van der Waals surface area contributed by atoms with Crippen LogP contribution in [-0.2, 0) is 6.54 Å². The molecule has 0 aliphatic heterocycles. The van der Waals surface area contributed by atoms with Gasteiger partial charge in [0.15, 0.2) is 0 Å². The van der Waals surface area contributed by atoms with Crippen LogP contribution in [0, 0.1) is 11.3 Å². The number of anilines is 2. The third-order valence-corrected chi connectivity index (χ3v) is 3.45. The van der Waals surface area contributed by atoms with Gasteiger partial charge >= 0.3 is 0 Å². The van der Waals surface area contributed by atoms with E-state index in [1.807, 2.05) is 30.3 Å². The number of hydrogen-bond donors (Lipinski definition) is 2. The zero-order valence-corrected chi connectivity index (χ0v) is 13.3. The van der Waals surface area contributed by atoms with Crippen LogP contribution in [0.2, 0.25) is 0 Å². The highest BCUT2D eigenvalue weighted by atomic mass is 16.1. The van der Waals surface area contributed by atoms with Crippen molar-refractivity contribution in [2.24, 2.45) is 0 Å². The number of nitrogens with zero attached hydrogens (tertiary/aromatic N) is 3. The van der Waals surface area contributed by atoms with Crippen LogP contribution in [0.5, 0.6) is 0 Å². The summed E-state index contributed by atoms with van der Waals surface area (Å²) in [4.78, 5) is 20.6. The van der Waals surface area contributed by atoms with Crippen molar-refractivity contribution in [2.45, 2.75) is 6.54 Å². The summed E-state index contributed by atoms with van der Waals surface area (Å²) in [5, 5.41) is 14.7. The molecule has 1 aromatic heterocycles. The summed E-state index contributed by atoms with van der Waals surface area (Å²) < 4.78 is 0. The smallest absolute Gasteiger partial charge is 0.270 e.